The molecular weight excluding hydrogens is 162 g/mol. The van der Waals surface area contributed by atoms with Gasteiger partial charge in [-0.1, -0.05) is 0 Å². The third kappa shape index (κ3) is 1.33. The zero-order valence-electron chi connectivity index (χ0n) is 7.73. The molecule has 2 rings (SSSR count). The zero-order chi connectivity index (χ0) is 9.26. The summed E-state index contributed by atoms with van der Waals surface area (Å²) in [5, 5.41) is 1.09. The van der Waals surface area contributed by atoms with Crippen LogP contribution in [0.15, 0.2) is 30.7 Å². The highest BCUT2D eigenvalue weighted by molar-refractivity contribution is 5.90. The summed E-state index contributed by atoms with van der Waals surface area (Å²) in [5.41, 5.74) is 2.14. The van der Waals surface area contributed by atoms with Crippen LogP contribution in [0.3, 0.4) is 0 Å². The van der Waals surface area contributed by atoms with E-state index in [1.807, 2.05) is 38.6 Å². The molecule has 0 unspecified atom stereocenters. The Balaban J connectivity index is 2.76. The molecule has 0 saturated carbocycles. The highest BCUT2D eigenvalue weighted by Gasteiger charge is 2.01. The van der Waals surface area contributed by atoms with Crippen molar-refractivity contribution in [2.24, 2.45) is 0 Å². The molecule has 0 aliphatic heterocycles. The van der Waals surface area contributed by atoms with Gasteiger partial charge in [-0.2, -0.15) is 0 Å². The fourth-order valence-electron chi connectivity index (χ4n) is 1.36. The minimum absolute atomic E-state index is 0.987. The smallest absolute Gasteiger partial charge is 0.0753 e. The van der Waals surface area contributed by atoms with Gasteiger partial charge in [-0.15, -0.1) is 0 Å². The molecule has 0 aliphatic carbocycles. The van der Waals surface area contributed by atoms with E-state index in [0.29, 0.717) is 0 Å². The van der Waals surface area contributed by atoms with Gasteiger partial charge in [0, 0.05) is 43.8 Å². The topological polar surface area (TPSA) is 29.0 Å². The van der Waals surface area contributed by atoms with E-state index in [0.717, 1.165) is 16.6 Å². The molecule has 0 atom stereocenters. The van der Waals surface area contributed by atoms with Crippen LogP contribution in [0.25, 0.3) is 10.9 Å². The molecule has 2 heterocycles. The van der Waals surface area contributed by atoms with Gasteiger partial charge in [0.1, 0.15) is 0 Å². The van der Waals surface area contributed by atoms with Gasteiger partial charge in [-0.3, -0.25) is 9.97 Å². The third-order valence-electron chi connectivity index (χ3n) is 2.00. The van der Waals surface area contributed by atoms with Crippen LogP contribution in [0.1, 0.15) is 0 Å². The highest BCUT2D eigenvalue weighted by atomic mass is 15.1. The summed E-state index contributed by atoms with van der Waals surface area (Å²) in [5.74, 6) is 0. The van der Waals surface area contributed by atoms with E-state index in [-0.39, 0.29) is 0 Å². The number of nitrogens with zero attached hydrogens (tertiary/aromatic N) is 3. The lowest BCUT2D eigenvalue weighted by Crippen LogP contribution is -2.09. The number of fused-ring (bicyclic) bond motifs is 1. The van der Waals surface area contributed by atoms with Crippen LogP contribution in [0.2, 0.25) is 0 Å². The first-order chi connectivity index (χ1) is 6.29. The standard InChI is InChI=1S/C10H11N3/c1-13(2)10-4-6-12-9-3-5-11-7-8(9)10/h3-7H,1-2H3. The van der Waals surface area contributed by atoms with Crippen molar-refractivity contribution in [3.05, 3.63) is 30.7 Å². The van der Waals surface area contributed by atoms with Crippen molar-refractivity contribution in [3.63, 3.8) is 0 Å². The minimum Gasteiger partial charge on any atom is -0.377 e. The summed E-state index contributed by atoms with van der Waals surface area (Å²) in [6.07, 6.45) is 5.42. The van der Waals surface area contributed by atoms with E-state index < -0.39 is 0 Å². The Morgan fingerprint density at radius 2 is 2.00 bits per heavy atom. The molecule has 0 spiro atoms. The lowest BCUT2D eigenvalue weighted by Gasteiger charge is -2.13. The van der Waals surface area contributed by atoms with E-state index in [1.54, 1.807) is 6.20 Å². The van der Waals surface area contributed by atoms with Crippen molar-refractivity contribution in [2.75, 3.05) is 19.0 Å². The van der Waals surface area contributed by atoms with Gasteiger partial charge in [0.25, 0.3) is 0 Å². The van der Waals surface area contributed by atoms with E-state index in [2.05, 4.69) is 14.9 Å². The predicted octanol–water partition coefficient (Wildman–Crippen LogP) is 1.70. The number of rotatable bonds is 1. The summed E-state index contributed by atoms with van der Waals surface area (Å²) in [6.45, 7) is 0. The normalized spacial score (nSPS) is 10.3. The lowest BCUT2D eigenvalue weighted by atomic mass is 10.2. The second kappa shape index (κ2) is 3.01. The van der Waals surface area contributed by atoms with Gasteiger partial charge in [0.2, 0.25) is 0 Å². The molecule has 66 valence electrons. The number of pyridine rings is 2. The Hall–Kier alpha value is -1.64. The van der Waals surface area contributed by atoms with Crippen LogP contribution in [0.4, 0.5) is 5.69 Å². The maximum Gasteiger partial charge on any atom is 0.0753 e. The summed E-state index contributed by atoms with van der Waals surface area (Å²) in [6, 6.07) is 3.91. The van der Waals surface area contributed by atoms with Gasteiger partial charge in [0.15, 0.2) is 0 Å². The van der Waals surface area contributed by atoms with E-state index in [4.69, 9.17) is 0 Å². The molecule has 13 heavy (non-hydrogen) atoms. The molecule has 0 aromatic carbocycles. The molecule has 3 nitrogen and oxygen atoms in total. The van der Waals surface area contributed by atoms with Crippen LogP contribution >= 0.6 is 0 Å². The molecule has 2 aromatic heterocycles. The van der Waals surface area contributed by atoms with E-state index >= 15 is 0 Å². The van der Waals surface area contributed by atoms with Gasteiger partial charge >= 0.3 is 0 Å². The third-order valence-corrected chi connectivity index (χ3v) is 2.00. The minimum atomic E-state index is 0.987. The molecule has 2 aromatic rings. The molecule has 0 radical (unpaired) electrons. The van der Waals surface area contributed by atoms with E-state index in [1.165, 1.54) is 0 Å². The Labute approximate surface area is 77.0 Å². The first-order valence-electron chi connectivity index (χ1n) is 4.15. The Kier molecular flexibility index (Phi) is 1.85. The van der Waals surface area contributed by atoms with Crippen LogP contribution in [0, 0.1) is 0 Å². The second-order valence-corrected chi connectivity index (χ2v) is 3.12. The predicted molar refractivity (Wildman–Crippen MR) is 53.9 cm³/mol. The van der Waals surface area contributed by atoms with Gasteiger partial charge < -0.3 is 4.90 Å². The average molecular weight is 173 g/mol. The van der Waals surface area contributed by atoms with Crippen LogP contribution in [-0.4, -0.2) is 24.1 Å². The Bertz CT molecular complexity index is 418. The van der Waals surface area contributed by atoms with Crippen molar-refractivity contribution in [3.8, 4) is 0 Å². The molecule has 0 bridgehead atoms. The molecule has 0 fully saturated rings. The lowest BCUT2D eigenvalue weighted by molar-refractivity contribution is 1.13. The van der Waals surface area contributed by atoms with Crippen molar-refractivity contribution in [1.29, 1.82) is 0 Å². The molecule has 3 heteroatoms. The number of hydrogen-bond donors (Lipinski definition) is 0. The SMILES string of the molecule is CN(C)c1ccnc2ccncc12. The molecule has 0 saturated heterocycles. The van der Waals surface area contributed by atoms with Gasteiger partial charge in [-0.25, -0.2) is 0 Å². The summed E-state index contributed by atoms with van der Waals surface area (Å²) >= 11 is 0. The fraction of sp³-hybridized carbons (Fsp3) is 0.200. The largest absolute Gasteiger partial charge is 0.377 e. The van der Waals surface area contributed by atoms with Crippen molar-refractivity contribution >= 4 is 16.6 Å². The molecular formula is C10H11N3. The highest BCUT2D eigenvalue weighted by Crippen LogP contribution is 2.21. The monoisotopic (exact) mass is 173 g/mol. The Morgan fingerprint density at radius 3 is 2.77 bits per heavy atom. The summed E-state index contributed by atoms with van der Waals surface area (Å²) in [4.78, 5) is 10.4. The summed E-state index contributed by atoms with van der Waals surface area (Å²) < 4.78 is 0. The van der Waals surface area contributed by atoms with Crippen LogP contribution in [-0.2, 0) is 0 Å². The van der Waals surface area contributed by atoms with Gasteiger partial charge in [0.05, 0.1) is 5.52 Å². The number of aromatic nitrogens is 2. The number of hydrogen-bond acceptors (Lipinski definition) is 3. The van der Waals surface area contributed by atoms with Crippen molar-refractivity contribution in [2.45, 2.75) is 0 Å². The molecule has 0 N–H and O–H groups in total. The van der Waals surface area contributed by atoms with Crippen molar-refractivity contribution in [1.82, 2.24) is 9.97 Å². The summed E-state index contributed by atoms with van der Waals surface area (Å²) in [7, 11) is 4.03. The zero-order valence-corrected chi connectivity index (χ0v) is 7.73. The average Bonchev–Trinajstić information content (AvgIpc) is 2.17. The maximum atomic E-state index is 4.26. The van der Waals surface area contributed by atoms with Crippen LogP contribution in [0.5, 0.6) is 0 Å². The second-order valence-electron chi connectivity index (χ2n) is 3.12. The Morgan fingerprint density at radius 1 is 1.15 bits per heavy atom. The first-order valence-corrected chi connectivity index (χ1v) is 4.15. The van der Waals surface area contributed by atoms with Crippen molar-refractivity contribution < 1.29 is 0 Å². The molecule has 0 aliphatic rings. The molecule has 0 amide bonds. The van der Waals surface area contributed by atoms with Crippen LogP contribution < -0.4 is 4.90 Å². The first kappa shape index (κ1) is 7.98. The quantitative estimate of drug-likeness (QED) is 0.657. The number of anilines is 1. The van der Waals surface area contributed by atoms with E-state index in [9.17, 15) is 0 Å². The fourth-order valence-corrected chi connectivity index (χ4v) is 1.36. The van der Waals surface area contributed by atoms with Gasteiger partial charge in [-0.05, 0) is 12.1 Å². The maximum absolute atomic E-state index is 4.26.